The van der Waals surface area contributed by atoms with Crippen LogP contribution in [0.3, 0.4) is 0 Å². The van der Waals surface area contributed by atoms with Crippen LogP contribution in [0, 0.1) is 0 Å². The summed E-state index contributed by atoms with van der Waals surface area (Å²) in [6.45, 7) is -1.60. The number of rotatable bonds is 4. The second-order valence-electron chi connectivity index (χ2n) is 2.84. The molecule has 0 aliphatic rings. The highest BCUT2D eigenvalue weighted by Crippen LogP contribution is 2.18. The molecule has 4 nitrogen and oxygen atoms in total. The lowest BCUT2D eigenvalue weighted by Gasteiger charge is -2.06. The molecule has 0 spiro atoms. The van der Waals surface area contributed by atoms with Gasteiger partial charge in [-0.3, -0.25) is 4.79 Å². The van der Waals surface area contributed by atoms with Crippen molar-refractivity contribution in [2.45, 2.75) is 13.5 Å². The highest BCUT2D eigenvalue weighted by Gasteiger charge is 2.07. The predicted octanol–water partition coefficient (Wildman–Crippen LogP) is 1.76. The summed E-state index contributed by atoms with van der Waals surface area (Å²) in [5.74, 6) is -0.338. The van der Waals surface area contributed by atoms with E-state index in [1.165, 1.54) is 19.2 Å². The molecular formula is C10H10F2N2O2. The fraction of sp³-hybridized carbons (Fsp3) is 0.200. The lowest BCUT2D eigenvalue weighted by molar-refractivity contribution is -0.118. The molecule has 1 N–H and O–H groups in total. The van der Waals surface area contributed by atoms with Gasteiger partial charge < -0.3 is 4.74 Å². The Morgan fingerprint density at radius 2 is 2.19 bits per heavy atom. The van der Waals surface area contributed by atoms with Crippen molar-refractivity contribution >= 4 is 12.1 Å². The van der Waals surface area contributed by atoms with E-state index in [2.05, 4.69) is 15.3 Å². The Balaban J connectivity index is 2.78. The average Bonchev–Trinajstić information content (AvgIpc) is 2.19. The lowest BCUT2D eigenvalue weighted by Crippen LogP contribution is -2.12. The molecule has 1 aromatic carbocycles. The van der Waals surface area contributed by atoms with Crippen LogP contribution in [0.5, 0.6) is 5.75 Å². The zero-order chi connectivity index (χ0) is 12.0. The van der Waals surface area contributed by atoms with Gasteiger partial charge in [0.25, 0.3) is 0 Å². The summed E-state index contributed by atoms with van der Waals surface area (Å²) in [7, 11) is 0. The normalized spacial score (nSPS) is 10.8. The number of carbonyl (C=O) groups is 1. The van der Waals surface area contributed by atoms with Gasteiger partial charge in [-0.15, -0.1) is 0 Å². The van der Waals surface area contributed by atoms with Crippen LogP contribution in [0.1, 0.15) is 12.5 Å². The van der Waals surface area contributed by atoms with Gasteiger partial charge in [-0.25, -0.2) is 5.43 Å². The second-order valence-corrected chi connectivity index (χ2v) is 2.84. The molecule has 86 valence electrons. The Bertz CT molecular complexity index is 394. The number of amides is 1. The van der Waals surface area contributed by atoms with Gasteiger partial charge in [-0.2, -0.15) is 13.9 Å². The molecular weight excluding hydrogens is 218 g/mol. The first-order chi connectivity index (χ1) is 7.59. The topological polar surface area (TPSA) is 50.7 Å². The van der Waals surface area contributed by atoms with Gasteiger partial charge >= 0.3 is 6.61 Å². The fourth-order valence-electron chi connectivity index (χ4n) is 0.983. The van der Waals surface area contributed by atoms with Crippen LogP contribution >= 0.6 is 0 Å². The van der Waals surface area contributed by atoms with Gasteiger partial charge in [-0.05, 0) is 12.1 Å². The molecule has 0 atom stereocenters. The van der Waals surface area contributed by atoms with Crippen molar-refractivity contribution in [3.05, 3.63) is 29.8 Å². The zero-order valence-electron chi connectivity index (χ0n) is 8.48. The van der Waals surface area contributed by atoms with E-state index in [1.54, 1.807) is 18.2 Å². The number of alkyl halides is 2. The predicted molar refractivity (Wildman–Crippen MR) is 54.5 cm³/mol. The Hall–Kier alpha value is -1.98. The molecule has 0 saturated carbocycles. The Kier molecular flexibility index (Phi) is 4.38. The number of nitrogens with one attached hydrogen (secondary N) is 1. The number of nitrogens with zero attached hydrogens (tertiary/aromatic N) is 1. The summed E-state index contributed by atoms with van der Waals surface area (Å²) in [5.41, 5.74) is 2.52. The molecule has 1 amide bonds. The number of hydrogen-bond donors (Lipinski definition) is 1. The lowest BCUT2D eigenvalue weighted by atomic mass is 10.2. The fourth-order valence-corrected chi connectivity index (χ4v) is 0.983. The highest BCUT2D eigenvalue weighted by atomic mass is 19.3. The molecule has 0 aliphatic carbocycles. The van der Waals surface area contributed by atoms with Gasteiger partial charge in [0.1, 0.15) is 5.75 Å². The van der Waals surface area contributed by atoms with Gasteiger partial charge in [0.15, 0.2) is 0 Å². The number of halogens is 2. The molecule has 1 rings (SSSR count). The summed E-state index contributed by atoms with van der Waals surface area (Å²) in [6, 6.07) is 6.14. The molecule has 0 fully saturated rings. The van der Waals surface area contributed by atoms with E-state index in [0.29, 0.717) is 5.56 Å². The van der Waals surface area contributed by atoms with Crippen LogP contribution in [0.15, 0.2) is 29.4 Å². The minimum absolute atomic E-state index is 0.00611. The zero-order valence-corrected chi connectivity index (χ0v) is 8.48. The van der Waals surface area contributed by atoms with E-state index in [4.69, 9.17) is 0 Å². The summed E-state index contributed by atoms with van der Waals surface area (Å²) in [5, 5.41) is 3.56. The Morgan fingerprint density at radius 3 is 2.81 bits per heavy atom. The molecule has 6 heteroatoms. The van der Waals surface area contributed by atoms with E-state index < -0.39 is 6.61 Å². The summed E-state index contributed by atoms with van der Waals surface area (Å²) in [6.07, 6.45) is 1.24. The molecule has 0 radical (unpaired) electrons. The van der Waals surface area contributed by atoms with E-state index >= 15 is 0 Å². The van der Waals surface area contributed by atoms with Crippen molar-refractivity contribution in [2.24, 2.45) is 5.10 Å². The van der Waals surface area contributed by atoms with Crippen molar-refractivity contribution in [3.63, 3.8) is 0 Å². The third kappa shape index (κ3) is 4.04. The average molecular weight is 228 g/mol. The number of para-hydroxylation sites is 1. The van der Waals surface area contributed by atoms with Gasteiger partial charge in [0.05, 0.1) is 6.21 Å². The summed E-state index contributed by atoms with van der Waals surface area (Å²) >= 11 is 0. The molecule has 16 heavy (non-hydrogen) atoms. The van der Waals surface area contributed by atoms with Gasteiger partial charge in [-0.1, -0.05) is 12.1 Å². The molecule has 0 aromatic heterocycles. The third-order valence-electron chi connectivity index (χ3n) is 1.56. The highest BCUT2D eigenvalue weighted by molar-refractivity contribution is 5.84. The van der Waals surface area contributed by atoms with Gasteiger partial charge in [0, 0.05) is 12.5 Å². The van der Waals surface area contributed by atoms with Gasteiger partial charge in [0.2, 0.25) is 5.91 Å². The standard InChI is InChI=1S/C10H10F2N2O2/c1-7(15)14-13-6-8-4-2-3-5-9(8)16-10(11)12/h2-6,10H,1H3,(H,14,15)/b13-6-. The van der Waals surface area contributed by atoms with Crippen LogP contribution in [-0.2, 0) is 4.79 Å². The van der Waals surface area contributed by atoms with Crippen molar-refractivity contribution in [1.29, 1.82) is 0 Å². The van der Waals surface area contributed by atoms with Crippen molar-refractivity contribution < 1.29 is 18.3 Å². The maximum Gasteiger partial charge on any atom is 0.387 e. The summed E-state index contributed by atoms with van der Waals surface area (Å²) < 4.78 is 28.3. The van der Waals surface area contributed by atoms with E-state index in [-0.39, 0.29) is 11.7 Å². The molecule has 0 bridgehead atoms. The Labute approximate surface area is 90.9 Å². The van der Waals surface area contributed by atoms with E-state index in [1.807, 2.05) is 0 Å². The molecule has 1 aromatic rings. The molecule has 0 unspecified atom stereocenters. The van der Waals surface area contributed by atoms with Crippen molar-refractivity contribution in [3.8, 4) is 5.75 Å². The van der Waals surface area contributed by atoms with Crippen LogP contribution in [0.4, 0.5) is 8.78 Å². The first-order valence-corrected chi connectivity index (χ1v) is 4.43. The monoisotopic (exact) mass is 228 g/mol. The first-order valence-electron chi connectivity index (χ1n) is 4.43. The minimum Gasteiger partial charge on any atom is -0.434 e. The van der Waals surface area contributed by atoms with Crippen LogP contribution in [-0.4, -0.2) is 18.7 Å². The van der Waals surface area contributed by atoms with E-state index in [9.17, 15) is 13.6 Å². The maximum absolute atomic E-state index is 12.0. The van der Waals surface area contributed by atoms with Crippen molar-refractivity contribution in [1.82, 2.24) is 5.43 Å². The number of hydrogen-bond acceptors (Lipinski definition) is 3. The largest absolute Gasteiger partial charge is 0.434 e. The number of benzene rings is 1. The number of hydrazone groups is 1. The Morgan fingerprint density at radius 1 is 1.50 bits per heavy atom. The second kappa shape index (κ2) is 5.79. The van der Waals surface area contributed by atoms with Crippen molar-refractivity contribution in [2.75, 3.05) is 0 Å². The third-order valence-corrected chi connectivity index (χ3v) is 1.56. The van der Waals surface area contributed by atoms with Crippen LogP contribution in [0.25, 0.3) is 0 Å². The molecule has 0 saturated heterocycles. The van der Waals surface area contributed by atoms with E-state index in [0.717, 1.165) is 0 Å². The number of carbonyl (C=O) groups excluding carboxylic acids is 1. The molecule has 0 heterocycles. The quantitative estimate of drug-likeness (QED) is 0.630. The summed E-state index contributed by atoms with van der Waals surface area (Å²) in [4.78, 5) is 10.5. The number of ether oxygens (including phenoxy) is 1. The SMILES string of the molecule is CC(=O)N/N=C\c1ccccc1OC(F)F. The smallest absolute Gasteiger partial charge is 0.387 e. The van der Waals surface area contributed by atoms with Crippen LogP contribution < -0.4 is 10.2 Å². The maximum atomic E-state index is 12.0. The molecule has 0 aliphatic heterocycles. The van der Waals surface area contributed by atoms with Crippen LogP contribution in [0.2, 0.25) is 0 Å². The first kappa shape index (κ1) is 12.1. The minimum atomic E-state index is -2.89.